The van der Waals surface area contributed by atoms with E-state index in [2.05, 4.69) is 22.4 Å². The van der Waals surface area contributed by atoms with E-state index in [4.69, 9.17) is 4.74 Å². The summed E-state index contributed by atoms with van der Waals surface area (Å²) < 4.78 is 5.08. The van der Waals surface area contributed by atoms with E-state index in [1.165, 1.54) is 5.56 Å². The Labute approximate surface area is 101 Å². The van der Waals surface area contributed by atoms with Crippen LogP contribution in [0.2, 0.25) is 0 Å². The zero-order valence-electron chi connectivity index (χ0n) is 10.2. The predicted molar refractivity (Wildman–Crippen MR) is 63.8 cm³/mol. The van der Waals surface area contributed by atoms with Crippen LogP contribution in [0.25, 0.3) is 0 Å². The Morgan fingerprint density at radius 2 is 2.59 bits per heavy atom. The van der Waals surface area contributed by atoms with Crippen molar-refractivity contribution in [3.63, 3.8) is 0 Å². The largest absolute Gasteiger partial charge is 0.450 e. The van der Waals surface area contributed by atoms with Crippen LogP contribution in [0.15, 0.2) is 6.20 Å². The first-order chi connectivity index (χ1) is 8.29. The number of aryl methyl sites for hydroxylation is 1. The number of aromatic nitrogens is 2. The lowest BCUT2D eigenvalue weighted by Gasteiger charge is -2.22. The molecule has 2 N–H and O–H groups in total. The van der Waals surface area contributed by atoms with Gasteiger partial charge in [-0.05, 0) is 24.8 Å². The molecule has 1 unspecified atom stereocenters. The lowest BCUT2D eigenvalue weighted by molar-refractivity contribution is 0.139. The molecule has 0 aromatic carbocycles. The molecule has 5 nitrogen and oxygen atoms in total. The molecule has 0 saturated heterocycles. The molecule has 5 heteroatoms. The molecule has 1 aliphatic carbocycles. The molecule has 0 saturated carbocycles. The number of carbonyl (C=O) groups is 1. The number of amides is 1. The molecule has 0 spiro atoms. The van der Waals surface area contributed by atoms with Crippen molar-refractivity contribution in [2.75, 3.05) is 6.61 Å². The Morgan fingerprint density at radius 3 is 3.41 bits per heavy atom. The van der Waals surface area contributed by atoms with Crippen molar-refractivity contribution in [3.8, 4) is 0 Å². The second-order valence-electron chi connectivity index (χ2n) is 4.45. The number of nitrogens with one attached hydrogen (secondary N) is 2. The van der Waals surface area contributed by atoms with Crippen molar-refractivity contribution in [1.29, 1.82) is 0 Å². The van der Waals surface area contributed by atoms with E-state index in [1.807, 2.05) is 6.20 Å². The topological polar surface area (TPSA) is 67.0 Å². The van der Waals surface area contributed by atoms with Gasteiger partial charge in [0.1, 0.15) is 0 Å². The molecule has 0 bridgehead atoms. The molecular formula is C12H19N3O2. The number of aromatic amines is 1. The van der Waals surface area contributed by atoms with Crippen molar-refractivity contribution < 1.29 is 9.53 Å². The second kappa shape index (κ2) is 5.70. The van der Waals surface area contributed by atoms with Gasteiger partial charge in [0.05, 0.1) is 12.8 Å². The van der Waals surface area contributed by atoms with E-state index >= 15 is 0 Å². The van der Waals surface area contributed by atoms with E-state index in [9.17, 15) is 4.79 Å². The highest BCUT2D eigenvalue weighted by atomic mass is 16.5. The molecule has 1 aliphatic rings. The van der Waals surface area contributed by atoms with Gasteiger partial charge in [0, 0.05) is 18.2 Å². The number of H-pyrrole nitrogens is 1. The zero-order valence-corrected chi connectivity index (χ0v) is 10.2. The SMILES string of the molecule is CCCCOC(=O)NC1CCc2cn[nH]c2C1. The molecule has 1 atom stereocenters. The third-order valence-corrected chi connectivity index (χ3v) is 3.07. The number of rotatable bonds is 4. The Balaban J connectivity index is 1.76. The normalized spacial score (nSPS) is 18.5. The second-order valence-corrected chi connectivity index (χ2v) is 4.45. The van der Waals surface area contributed by atoms with Gasteiger partial charge < -0.3 is 10.1 Å². The molecule has 2 rings (SSSR count). The first-order valence-electron chi connectivity index (χ1n) is 6.24. The quantitative estimate of drug-likeness (QED) is 0.784. The minimum atomic E-state index is -0.300. The smallest absolute Gasteiger partial charge is 0.407 e. The van der Waals surface area contributed by atoms with Crippen LogP contribution in [-0.4, -0.2) is 28.9 Å². The highest BCUT2D eigenvalue weighted by Gasteiger charge is 2.21. The van der Waals surface area contributed by atoms with Gasteiger partial charge in [0.2, 0.25) is 0 Å². The summed E-state index contributed by atoms with van der Waals surface area (Å²) in [6, 6.07) is 0.164. The van der Waals surface area contributed by atoms with Gasteiger partial charge >= 0.3 is 6.09 Å². The van der Waals surface area contributed by atoms with E-state index < -0.39 is 0 Å². The van der Waals surface area contributed by atoms with Gasteiger partial charge in [0.15, 0.2) is 0 Å². The number of nitrogens with zero attached hydrogens (tertiary/aromatic N) is 1. The summed E-state index contributed by atoms with van der Waals surface area (Å²) in [5, 5.41) is 9.88. The number of hydrogen-bond donors (Lipinski definition) is 2. The van der Waals surface area contributed by atoms with Crippen LogP contribution in [0.3, 0.4) is 0 Å². The van der Waals surface area contributed by atoms with Gasteiger partial charge in [-0.2, -0.15) is 5.10 Å². The van der Waals surface area contributed by atoms with Crippen LogP contribution < -0.4 is 5.32 Å². The molecule has 0 fully saturated rings. The molecule has 0 aliphatic heterocycles. The minimum Gasteiger partial charge on any atom is -0.450 e. The summed E-state index contributed by atoms with van der Waals surface area (Å²) in [5.74, 6) is 0. The lowest BCUT2D eigenvalue weighted by atomic mass is 9.94. The number of fused-ring (bicyclic) bond motifs is 1. The average molecular weight is 237 g/mol. The van der Waals surface area contributed by atoms with E-state index in [1.54, 1.807) is 0 Å². The predicted octanol–water partition coefficient (Wildman–Crippen LogP) is 1.79. The summed E-state index contributed by atoms with van der Waals surface area (Å²) in [6.45, 7) is 2.58. The van der Waals surface area contributed by atoms with Crippen LogP contribution in [0.4, 0.5) is 4.79 Å². The summed E-state index contributed by atoms with van der Waals surface area (Å²) in [5.41, 5.74) is 2.40. The number of carbonyl (C=O) groups excluding carboxylic acids is 1. The summed E-state index contributed by atoms with van der Waals surface area (Å²) in [4.78, 5) is 11.5. The highest BCUT2D eigenvalue weighted by Crippen LogP contribution is 2.18. The summed E-state index contributed by atoms with van der Waals surface area (Å²) in [6.07, 6.45) is 6.26. The number of hydrogen-bond acceptors (Lipinski definition) is 3. The molecule has 0 radical (unpaired) electrons. The van der Waals surface area contributed by atoms with Crippen molar-refractivity contribution in [1.82, 2.24) is 15.5 Å². The number of alkyl carbamates (subject to hydrolysis) is 1. The van der Waals surface area contributed by atoms with Crippen LogP contribution in [0.1, 0.15) is 37.4 Å². The fourth-order valence-corrected chi connectivity index (χ4v) is 2.05. The van der Waals surface area contributed by atoms with Gasteiger partial charge in [-0.15, -0.1) is 0 Å². The summed E-state index contributed by atoms with van der Waals surface area (Å²) >= 11 is 0. The molecule has 17 heavy (non-hydrogen) atoms. The Bertz CT molecular complexity index is 376. The molecule has 1 aromatic heterocycles. The van der Waals surface area contributed by atoms with Crippen LogP contribution >= 0.6 is 0 Å². The average Bonchev–Trinajstić information content (AvgIpc) is 2.76. The van der Waals surface area contributed by atoms with Crippen molar-refractivity contribution >= 4 is 6.09 Å². The number of ether oxygens (including phenoxy) is 1. The fourth-order valence-electron chi connectivity index (χ4n) is 2.05. The molecular weight excluding hydrogens is 218 g/mol. The summed E-state index contributed by atoms with van der Waals surface area (Å²) in [7, 11) is 0. The maximum Gasteiger partial charge on any atom is 0.407 e. The van der Waals surface area contributed by atoms with Crippen molar-refractivity contribution in [2.45, 2.75) is 45.1 Å². The van der Waals surface area contributed by atoms with E-state index in [0.717, 1.165) is 37.8 Å². The van der Waals surface area contributed by atoms with Crippen LogP contribution in [0.5, 0.6) is 0 Å². The van der Waals surface area contributed by atoms with Crippen LogP contribution in [-0.2, 0) is 17.6 Å². The first kappa shape index (κ1) is 12.0. The van der Waals surface area contributed by atoms with Crippen molar-refractivity contribution in [2.24, 2.45) is 0 Å². The van der Waals surface area contributed by atoms with E-state index in [-0.39, 0.29) is 12.1 Å². The third kappa shape index (κ3) is 3.22. The molecule has 1 heterocycles. The van der Waals surface area contributed by atoms with Crippen LogP contribution in [0, 0.1) is 0 Å². The highest BCUT2D eigenvalue weighted by molar-refractivity contribution is 5.67. The maximum atomic E-state index is 11.5. The first-order valence-corrected chi connectivity index (χ1v) is 6.24. The zero-order chi connectivity index (χ0) is 12.1. The van der Waals surface area contributed by atoms with E-state index in [0.29, 0.717) is 6.61 Å². The third-order valence-electron chi connectivity index (χ3n) is 3.07. The standard InChI is InChI=1S/C12H19N3O2/c1-2-3-6-17-12(16)14-10-5-4-9-8-13-15-11(9)7-10/h8,10H,2-7H2,1H3,(H,13,15)(H,14,16). The van der Waals surface area contributed by atoms with Gasteiger partial charge in [-0.3, -0.25) is 5.10 Å². The Kier molecular flexibility index (Phi) is 4.01. The number of unbranched alkanes of at least 4 members (excludes halogenated alkanes) is 1. The molecule has 1 aromatic rings. The molecule has 1 amide bonds. The lowest BCUT2D eigenvalue weighted by Crippen LogP contribution is -2.39. The monoisotopic (exact) mass is 237 g/mol. The minimum absolute atomic E-state index is 0.164. The van der Waals surface area contributed by atoms with Gasteiger partial charge in [0.25, 0.3) is 0 Å². The maximum absolute atomic E-state index is 11.5. The van der Waals surface area contributed by atoms with Crippen molar-refractivity contribution in [3.05, 3.63) is 17.5 Å². The van der Waals surface area contributed by atoms with Gasteiger partial charge in [-0.1, -0.05) is 13.3 Å². The Morgan fingerprint density at radius 1 is 1.71 bits per heavy atom. The molecule has 94 valence electrons. The Hall–Kier alpha value is -1.52. The fraction of sp³-hybridized carbons (Fsp3) is 0.667. The van der Waals surface area contributed by atoms with Gasteiger partial charge in [-0.25, -0.2) is 4.79 Å².